The SMILES string of the molecule is COc1cc2c(cc1C)O[C@]1(C[C@H]2C)O[C@@H](CCc2ccccc2)O[C@H]1C. The number of methoxy groups -OCH3 is 1. The third-order valence-corrected chi connectivity index (χ3v) is 5.75. The molecule has 0 aliphatic carbocycles. The van der Waals surface area contributed by atoms with Gasteiger partial charge >= 0.3 is 0 Å². The van der Waals surface area contributed by atoms with Gasteiger partial charge in [0.2, 0.25) is 5.79 Å². The summed E-state index contributed by atoms with van der Waals surface area (Å²) in [6.45, 7) is 6.30. The average molecular weight is 368 g/mol. The van der Waals surface area contributed by atoms with Crippen molar-refractivity contribution in [3.63, 3.8) is 0 Å². The van der Waals surface area contributed by atoms with E-state index in [0.717, 1.165) is 36.3 Å². The summed E-state index contributed by atoms with van der Waals surface area (Å²) in [7, 11) is 1.71. The van der Waals surface area contributed by atoms with E-state index in [1.54, 1.807) is 7.11 Å². The van der Waals surface area contributed by atoms with Gasteiger partial charge in [-0.1, -0.05) is 37.3 Å². The van der Waals surface area contributed by atoms with Crippen LogP contribution in [0.5, 0.6) is 11.5 Å². The molecule has 144 valence electrons. The lowest BCUT2D eigenvalue weighted by atomic mass is 9.87. The number of rotatable bonds is 4. The lowest BCUT2D eigenvalue weighted by Gasteiger charge is -2.39. The normalized spacial score (nSPS) is 29.4. The van der Waals surface area contributed by atoms with Crippen molar-refractivity contribution < 1.29 is 18.9 Å². The Morgan fingerprint density at radius 3 is 2.67 bits per heavy atom. The van der Waals surface area contributed by atoms with Crippen molar-refractivity contribution in [3.8, 4) is 11.5 Å². The van der Waals surface area contributed by atoms with Crippen molar-refractivity contribution in [1.82, 2.24) is 0 Å². The van der Waals surface area contributed by atoms with Crippen LogP contribution in [-0.4, -0.2) is 25.3 Å². The maximum atomic E-state index is 6.42. The summed E-state index contributed by atoms with van der Waals surface area (Å²) in [6, 6.07) is 14.6. The zero-order valence-electron chi connectivity index (χ0n) is 16.5. The molecule has 2 aliphatic rings. The van der Waals surface area contributed by atoms with Crippen LogP contribution in [0.25, 0.3) is 0 Å². The van der Waals surface area contributed by atoms with Crippen LogP contribution in [0.15, 0.2) is 42.5 Å². The van der Waals surface area contributed by atoms with Crippen LogP contribution in [0.2, 0.25) is 0 Å². The zero-order valence-corrected chi connectivity index (χ0v) is 16.5. The predicted octanol–water partition coefficient (Wildman–Crippen LogP) is 4.98. The number of hydrogen-bond donors (Lipinski definition) is 0. The number of aryl methyl sites for hydroxylation is 2. The minimum Gasteiger partial charge on any atom is -0.496 e. The molecule has 0 amide bonds. The Hall–Kier alpha value is -2.04. The molecule has 4 heteroatoms. The van der Waals surface area contributed by atoms with E-state index in [-0.39, 0.29) is 12.4 Å². The number of benzene rings is 2. The third kappa shape index (κ3) is 3.44. The molecule has 0 unspecified atom stereocenters. The Morgan fingerprint density at radius 2 is 1.93 bits per heavy atom. The fourth-order valence-corrected chi connectivity index (χ4v) is 4.19. The number of ether oxygens (including phenoxy) is 4. The van der Waals surface area contributed by atoms with Gasteiger partial charge in [-0.2, -0.15) is 0 Å². The summed E-state index contributed by atoms with van der Waals surface area (Å²) in [5, 5.41) is 0. The molecule has 2 aromatic carbocycles. The average Bonchev–Trinajstić information content (AvgIpc) is 2.95. The monoisotopic (exact) mass is 368 g/mol. The smallest absolute Gasteiger partial charge is 0.239 e. The largest absolute Gasteiger partial charge is 0.496 e. The lowest BCUT2D eigenvalue weighted by Crippen LogP contribution is -2.47. The van der Waals surface area contributed by atoms with E-state index in [4.69, 9.17) is 18.9 Å². The van der Waals surface area contributed by atoms with Crippen LogP contribution in [0.3, 0.4) is 0 Å². The van der Waals surface area contributed by atoms with Crippen molar-refractivity contribution in [2.24, 2.45) is 0 Å². The van der Waals surface area contributed by atoms with Crippen LogP contribution in [0.4, 0.5) is 0 Å². The van der Waals surface area contributed by atoms with E-state index in [2.05, 4.69) is 50.2 Å². The Kier molecular flexibility index (Phi) is 4.87. The van der Waals surface area contributed by atoms with Crippen molar-refractivity contribution in [1.29, 1.82) is 0 Å². The minimum atomic E-state index is -0.713. The highest BCUT2D eigenvalue weighted by Crippen LogP contribution is 2.48. The summed E-state index contributed by atoms with van der Waals surface area (Å²) in [6.07, 6.45) is 2.17. The maximum absolute atomic E-state index is 6.42. The van der Waals surface area contributed by atoms with Crippen LogP contribution in [0.1, 0.15) is 49.3 Å². The zero-order chi connectivity index (χ0) is 19.0. The summed E-state index contributed by atoms with van der Waals surface area (Å²) in [4.78, 5) is 0. The Balaban J connectivity index is 1.51. The summed E-state index contributed by atoms with van der Waals surface area (Å²) < 4.78 is 24.4. The van der Waals surface area contributed by atoms with E-state index < -0.39 is 5.79 Å². The van der Waals surface area contributed by atoms with E-state index in [1.807, 2.05) is 13.0 Å². The maximum Gasteiger partial charge on any atom is 0.239 e. The first-order chi connectivity index (χ1) is 13.0. The first-order valence-corrected chi connectivity index (χ1v) is 9.75. The molecule has 1 saturated heterocycles. The van der Waals surface area contributed by atoms with E-state index >= 15 is 0 Å². The molecule has 4 nitrogen and oxygen atoms in total. The third-order valence-electron chi connectivity index (χ3n) is 5.75. The van der Waals surface area contributed by atoms with Crippen LogP contribution < -0.4 is 9.47 Å². The second-order valence-corrected chi connectivity index (χ2v) is 7.73. The first kappa shape index (κ1) is 18.3. The number of hydrogen-bond acceptors (Lipinski definition) is 4. The van der Waals surface area contributed by atoms with Crippen molar-refractivity contribution in [2.75, 3.05) is 7.11 Å². The second-order valence-electron chi connectivity index (χ2n) is 7.73. The standard InChI is InChI=1S/C23H28O4/c1-15-12-21-19(13-20(15)24-4)16(2)14-23(26-21)17(3)25-22(27-23)11-10-18-8-6-5-7-9-18/h5-9,12-13,16-17,22H,10-11,14H2,1-4H3/t16-,17+,22+,23-/m1/s1. The molecule has 0 N–H and O–H groups in total. The van der Waals surface area contributed by atoms with Gasteiger partial charge in [0.15, 0.2) is 6.29 Å². The highest BCUT2D eigenvalue weighted by Gasteiger charge is 2.53. The molecule has 0 saturated carbocycles. The molecule has 27 heavy (non-hydrogen) atoms. The highest BCUT2D eigenvalue weighted by molar-refractivity contribution is 5.49. The molecule has 2 aliphatic heterocycles. The Labute approximate surface area is 161 Å². The molecule has 1 spiro atoms. The highest BCUT2D eigenvalue weighted by atomic mass is 16.8. The fraction of sp³-hybridized carbons (Fsp3) is 0.478. The van der Waals surface area contributed by atoms with Gasteiger partial charge in [-0.3, -0.25) is 0 Å². The molecule has 0 bridgehead atoms. The van der Waals surface area contributed by atoms with Gasteiger partial charge in [-0.15, -0.1) is 0 Å². The lowest BCUT2D eigenvalue weighted by molar-refractivity contribution is -0.194. The fourth-order valence-electron chi connectivity index (χ4n) is 4.19. The molecule has 2 aromatic rings. The van der Waals surface area contributed by atoms with Gasteiger partial charge in [0.05, 0.1) is 7.11 Å². The van der Waals surface area contributed by atoms with Crippen molar-refractivity contribution in [2.45, 2.75) is 64.1 Å². The molecule has 4 atom stereocenters. The Bertz CT molecular complexity index is 804. The van der Waals surface area contributed by atoms with E-state index in [1.165, 1.54) is 11.1 Å². The van der Waals surface area contributed by atoms with E-state index in [0.29, 0.717) is 5.92 Å². The van der Waals surface area contributed by atoms with Gasteiger partial charge in [0.25, 0.3) is 0 Å². The summed E-state index contributed by atoms with van der Waals surface area (Å²) in [5.74, 6) is 1.38. The van der Waals surface area contributed by atoms with Gasteiger partial charge in [-0.05, 0) is 49.4 Å². The van der Waals surface area contributed by atoms with Crippen molar-refractivity contribution >= 4 is 0 Å². The minimum absolute atomic E-state index is 0.115. The van der Waals surface area contributed by atoms with Crippen LogP contribution in [-0.2, 0) is 15.9 Å². The molecule has 2 heterocycles. The molecular weight excluding hydrogens is 340 g/mol. The van der Waals surface area contributed by atoms with E-state index in [9.17, 15) is 0 Å². The van der Waals surface area contributed by atoms with Gasteiger partial charge in [0, 0.05) is 18.4 Å². The van der Waals surface area contributed by atoms with Crippen molar-refractivity contribution in [3.05, 3.63) is 59.2 Å². The van der Waals surface area contributed by atoms with Gasteiger partial charge in [-0.25, -0.2) is 0 Å². The summed E-state index contributed by atoms with van der Waals surface area (Å²) >= 11 is 0. The summed E-state index contributed by atoms with van der Waals surface area (Å²) in [5.41, 5.74) is 3.53. The first-order valence-electron chi connectivity index (χ1n) is 9.75. The molecule has 1 fully saturated rings. The van der Waals surface area contributed by atoms with Crippen LogP contribution in [0, 0.1) is 6.92 Å². The van der Waals surface area contributed by atoms with Crippen LogP contribution >= 0.6 is 0 Å². The molecule has 4 rings (SSSR count). The predicted molar refractivity (Wildman–Crippen MR) is 104 cm³/mol. The molecule has 0 aromatic heterocycles. The molecule has 0 radical (unpaired) electrons. The quantitative estimate of drug-likeness (QED) is 0.763. The number of fused-ring (bicyclic) bond motifs is 1. The topological polar surface area (TPSA) is 36.9 Å². The molecular formula is C23H28O4. The Morgan fingerprint density at radius 1 is 1.15 bits per heavy atom. The second kappa shape index (κ2) is 7.17. The van der Waals surface area contributed by atoms with Gasteiger partial charge < -0.3 is 18.9 Å². The van der Waals surface area contributed by atoms with Gasteiger partial charge in [0.1, 0.15) is 17.6 Å².